The van der Waals surface area contributed by atoms with Crippen LogP contribution < -0.4 is 0 Å². The fraction of sp³-hybridized carbons (Fsp3) is 0.588. The molecule has 1 atom stereocenters. The van der Waals surface area contributed by atoms with Gasteiger partial charge in [0.2, 0.25) is 15.9 Å². The van der Waals surface area contributed by atoms with Crippen molar-refractivity contribution in [1.82, 2.24) is 28.8 Å². The van der Waals surface area contributed by atoms with Crippen LogP contribution in [0.5, 0.6) is 0 Å². The van der Waals surface area contributed by atoms with Crippen molar-refractivity contribution < 1.29 is 13.2 Å². The highest BCUT2D eigenvalue weighted by molar-refractivity contribution is 7.89. The second kappa shape index (κ2) is 7.84. The number of hydrogen-bond acceptors (Lipinski definition) is 5. The Bertz CT molecular complexity index is 964. The van der Waals surface area contributed by atoms with Crippen molar-refractivity contribution in [2.45, 2.75) is 31.2 Å². The molecule has 1 saturated heterocycles. The van der Waals surface area contributed by atoms with Crippen LogP contribution in [-0.2, 0) is 35.5 Å². The molecule has 0 spiro atoms. The zero-order valence-corrected chi connectivity index (χ0v) is 18.0. The lowest BCUT2D eigenvalue weighted by Gasteiger charge is -2.33. The molecule has 2 aromatic heterocycles. The lowest BCUT2D eigenvalue weighted by Crippen LogP contribution is -2.45. The van der Waals surface area contributed by atoms with Crippen LogP contribution in [0.15, 0.2) is 17.3 Å². The lowest BCUT2D eigenvalue weighted by atomic mass is 9.98. The first-order valence-corrected chi connectivity index (χ1v) is 10.8. The normalized spacial score (nSPS) is 18.4. The first kappa shape index (κ1) is 20.8. The molecule has 1 amide bonds. The average Bonchev–Trinajstić information content (AvgIpc) is 3.17. The Morgan fingerprint density at radius 1 is 1.29 bits per heavy atom. The molecule has 154 valence electrons. The Labute approximate surface area is 169 Å². The van der Waals surface area contributed by atoms with Gasteiger partial charge in [-0.3, -0.25) is 14.2 Å². The minimum absolute atomic E-state index is 0.0972. The van der Waals surface area contributed by atoms with Gasteiger partial charge in [-0.25, -0.2) is 8.42 Å². The van der Waals surface area contributed by atoms with Crippen molar-refractivity contribution >= 4 is 27.5 Å². The Kier molecular flexibility index (Phi) is 5.83. The lowest BCUT2D eigenvalue weighted by molar-refractivity contribution is -0.136. The number of amides is 1. The maximum atomic E-state index is 13.0. The summed E-state index contributed by atoms with van der Waals surface area (Å²) < 4.78 is 30.6. The number of rotatable bonds is 5. The second-order valence-corrected chi connectivity index (χ2v) is 9.49. The van der Waals surface area contributed by atoms with Gasteiger partial charge in [-0.2, -0.15) is 14.5 Å². The minimum atomic E-state index is -3.68. The summed E-state index contributed by atoms with van der Waals surface area (Å²) in [6.07, 6.45) is 4.20. The van der Waals surface area contributed by atoms with Crippen molar-refractivity contribution in [1.29, 1.82) is 0 Å². The number of hydrogen-bond donors (Lipinski definition) is 0. The summed E-state index contributed by atoms with van der Waals surface area (Å²) in [5.74, 6) is -0.488. The van der Waals surface area contributed by atoms with Crippen molar-refractivity contribution in [3.63, 3.8) is 0 Å². The largest absolute Gasteiger partial charge is 0.340 e. The van der Waals surface area contributed by atoms with Gasteiger partial charge in [-0.05, 0) is 19.8 Å². The standard InChI is InChI=1S/C17H25ClN6O3S/c1-12-16(9-20-22(12)3)28(26,27)24-7-5-6-13(10-24)17(25)21(2)11-15-14(18)8-19-23(15)4/h8-9,13H,5-7,10-11H2,1-4H3/t13-/m0/s1. The first-order chi connectivity index (χ1) is 13.1. The van der Waals surface area contributed by atoms with Gasteiger partial charge in [-0.15, -0.1) is 0 Å². The molecule has 1 aliphatic heterocycles. The van der Waals surface area contributed by atoms with Crippen molar-refractivity contribution in [2.75, 3.05) is 20.1 Å². The third-order valence-electron chi connectivity index (χ3n) is 5.32. The molecular weight excluding hydrogens is 404 g/mol. The maximum Gasteiger partial charge on any atom is 0.246 e. The van der Waals surface area contributed by atoms with E-state index in [1.807, 2.05) is 0 Å². The molecule has 3 heterocycles. The summed E-state index contributed by atoms with van der Waals surface area (Å²) in [4.78, 5) is 14.7. The maximum absolute atomic E-state index is 13.0. The fourth-order valence-corrected chi connectivity index (χ4v) is 5.40. The fourth-order valence-electron chi connectivity index (χ4n) is 3.46. The summed E-state index contributed by atoms with van der Waals surface area (Å²) >= 11 is 6.13. The third-order valence-corrected chi connectivity index (χ3v) is 7.60. The molecule has 0 aromatic carbocycles. The molecule has 1 aliphatic rings. The SMILES string of the molecule is Cc1c(S(=O)(=O)N2CCC[C@H](C(=O)N(C)Cc3c(Cl)cnn3C)C2)cnn1C. The van der Waals surface area contributed by atoms with Crippen LogP contribution in [0.2, 0.25) is 5.02 Å². The van der Waals surface area contributed by atoms with Crippen LogP contribution in [0.1, 0.15) is 24.2 Å². The van der Waals surface area contributed by atoms with Crippen molar-refractivity contribution in [3.05, 3.63) is 28.8 Å². The summed E-state index contributed by atoms with van der Waals surface area (Å²) in [5.41, 5.74) is 1.32. The average molecular weight is 429 g/mol. The molecule has 0 aliphatic carbocycles. The number of halogens is 1. The molecule has 0 saturated carbocycles. The van der Waals surface area contributed by atoms with E-state index in [4.69, 9.17) is 11.6 Å². The minimum Gasteiger partial charge on any atom is -0.340 e. The van der Waals surface area contributed by atoms with Gasteiger partial charge in [0, 0.05) is 34.2 Å². The molecular formula is C17H25ClN6O3S. The molecule has 11 heteroatoms. The number of carbonyl (C=O) groups is 1. The molecule has 3 rings (SSSR count). The van der Waals surface area contributed by atoms with Crippen LogP contribution in [0.3, 0.4) is 0 Å². The van der Waals surface area contributed by atoms with Crippen LogP contribution >= 0.6 is 11.6 Å². The number of sulfonamides is 1. The molecule has 2 aromatic rings. The van der Waals surface area contributed by atoms with Gasteiger partial charge in [-0.1, -0.05) is 11.6 Å². The summed E-state index contributed by atoms with van der Waals surface area (Å²) in [6.45, 7) is 2.60. The smallest absolute Gasteiger partial charge is 0.246 e. The highest BCUT2D eigenvalue weighted by Gasteiger charge is 2.36. The molecule has 0 N–H and O–H groups in total. The van der Waals surface area contributed by atoms with Crippen LogP contribution in [-0.4, -0.2) is 63.2 Å². The summed E-state index contributed by atoms with van der Waals surface area (Å²) in [5, 5.41) is 8.62. The highest BCUT2D eigenvalue weighted by atomic mass is 35.5. The van der Waals surface area contributed by atoms with E-state index in [1.165, 1.54) is 15.2 Å². The van der Waals surface area contributed by atoms with Gasteiger partial charge >= 0.3 is 0 Å². The zero-order valence-electron chi connectivity index (χ0n) is 16.5. The van der Waals surface area contributed by atoms with Crippen LogP contribution in [0.25, 0.3) is 0 Å². The summed E-state index contributed by atoms with van der Waals surface area (Å²) in [6, 6.07) is 0. The third kappa shape index (κ3) is 3.81. The molecule has 9 nitrogen and oxygen atoms in total. The van der Waals surface area contributed by atoms with E-state index in [0.29, 0.717) is 36.6 Å². The van der Waals surface area contributed by atoms with Gasteiger partial charge in [0.25, 0.3) is 0 Å². The number of aromatic nitrogens is 4. The molecule has 0 unspecified atom stereocenters. The van der Waals surface area contributed by atoms with Crippen LogP contribution in [0, 0.1) is 12.8 Å². The Balaban J connectivity index is 1.74. The van der Waals surface area contributed by atoms with Crippen LogP contribution in [0.4, 0.5) is 0 Å². The monoisotopic (exact) mass is 428 g/mol. The van der Waals surface area contributed by atoms with E-state index >= 15 is 0 Å². The predicted octanol–water partition coefficient (Wildman–Crippen LogP) is 1.17. The zero-order chi connectivity index (χ0) is 20.6. The van der Waals surface area contributed by atoms with E-state index in [1.54, 1.807) is 43.8 Å². The van der Waals surface area contributed by atoms with E-state index < -0.39 is 15.9 Å². The first-order valence-electron chi connectivity index (χ1n) is 9.03. The predicted molar refractivity (Wildman–Crippen MR) is 104 cm³/mol. The van der Waals surface area contributed by atoms with Crippen molar-refractivity contribution in [2.24, 2.45) is 20.0 Å². The molecule has 0 bridgehead atoms. The quantitative estimate of drug-likeness (QED) is 0.712. The summed E-state index contributed by atoms with van der Waals surface area (Å²) in [7, 11) is 1.49. The van der Waals surface area contributed by atoms with Crippen molar-refractivity contribution in [3.8, 4) is 0 Å². The van der Waals surface area contributed by atoms with Gasteiger partial charge in [0.15, 0.2) is 0 Å². The number of aryl methyl sites for hydroxylation is 2. The molecule has 28 heavy (non-hydrogen) atoms. The van der Waals surface area contributed by atoms with Gasteiger partial charge < -0.3 is 4.90 Å². The Morgan fingerprint density at radius 3 is 2.54 bits per heavy atom. The molecule has 1 fully saturated rings. The highest BCUT2D eigenvalue weighted by Crippen LogP contribution is 2.27. The van der Waals surface area contributed by atoms with Gasteiger partial charge in [0.05, 0.1) is 41.3 Å². The number of carbonyl (C=O) groups excluding carboxylic acids is 1. The second-order valence-electron chi connectivity index (χ2n) is 7.18. The number of piperidine rings is 1. The van der Waals surface area contributed by atoms with E-state index in [2.05, 4.69) is 10.2 Å². The van der Waals surface area contributed by atoms with E-state index in [9.17, 15) is 13.2 Å². The molecule has 0 radical (unpaired) electrons. The Hall–Kier alpha value is -1.91. The number of nitrogens with zero attached hydrogens (tertiary/aromatic N) is 6. The topological polar surface area (TPSA) is 93.3 Å². The van der Waals surface area contributed by atoms with Gasteiger partial charge in [0.1, 0.15) is 4.90 Å². The Morgan fingerprint density at radius 2 is 1.96 bits per heavy atom. The van der Waals surface area contributed by atoms with E-state index in [0.717, 1.165) is 5.69 Å². The van der Waals surface area contributed by atoms with E-state index in [-0.39, 0.29) is 17.3 Å².